The zero-order chi connectivity index (χ0) is 12.3. The lowest BCUT2D eigenvalue weighted by Gasteiger charge is -2.16. The molecule has 92 valence electrons. The number of nitrogens with one attached hydrogen (secondary N) is 1. The molecule has 1 aromatic heterocycles. The fraction of sp³-hybridized carbons (Fsp3) is 0.600. The van der Waals surface area contributed by atoms with Crippen molar-refractivity contribution in [1.82, 2.24) is 5.32 Å². The third-order valence-corrected chi connectivity index (χ3v) is 4.73. The van der Waals surface area contributed by atoms with Crippen molar-refractivity contribution in [2.24, 2.45) is 0 Å². The van der Waals surface area contributed by atoms with Crippen LogP contribution >= 0.6 is 27.3 Å². The van der Waals surface area contributed by atoms with Crippen LogP contribution in [0.25, 0.3) is 0 Å². The normalized spacial score (nSPS) is 14.0. The van der Waals surface area contributed by atoms with Crippen LogP contribution in [0.5, 0.6) is 0 Å². The zero-order valence-corrected chi connectivity index (χ0v) is 12.8. The summed E-state index contributed by atoms with van der Waals surface area (Å²) in [4.78, 5) is 1.15. The van der Waals surface area contributed by atoms with Crippen LogP contribution in [0.2, 0.25) is 0 Å². The Balaban J connectivity index is 2.98. The highest BCUT2D eigenvalue weighted by Crippen LogP contribution is 2.31. The maximum absolute atomic E-state index is 11.4. The van der Waals surface area contributed by atoms with E-state index in [1.165, 1.54) is 6.26 Å². The Bertz CT molecular complexity index is 453. The van der Waals surface area contributed by atoms with Gasteiger partial charge in [0.2, 0.25) is 0 Å². The molecule has 3 nitrogen and oxygen atoms in total. The van der Waals surface area contributed by atoms with Crippen LogP contribution in [0.15, 0.2) is 9.85 Å². The Labute approximate surface area is 109 Å². The topological polar surface area (TPSA) is 46.2 Å². The van der Waals surface area contributed by atoms with Crippen LogP contribution in [0.1, 0.15) is 23.4 Å². The van der Waals surface area contributed by atoms with E-state index in [1.807, 2.05) is 19.9 Å². The van der Waals surface area contributed by atoms with Gasteiger partial charge < -0.3 is 5.32 Å². The lowest BCUT2D eigenvalue weighted by atomic mass is 10.1. The van der Waals surface area contributed by atoms with E-state index >= 15 is 0 Å². The van der Waals surface area contributed by atoms with Gasteiger partial charge in [-0.05, 0) is 41.0 Å². The van der Waals surface area contributed by atoms with Gasteiger partial charge >= 0.3 is 0 Å². The monoisotopic (exact) mass is 325 g/mol. The van der Waals surface area contributed by atoms with E-state index in [9.17, 15) is 8.42 Å². The van der Waals surface area contributed by atoms with Gasteiger partial charge in [0.25, 0.3) is 0 Å². The van der Waals surface area contributed by atoms with E-state index in [1.54, 1.807) is 11.3 Å². The van der Waals surface area contributed by atoms with Crippen LogP contribution in [-0.4, -0.2) is 27.0 Å². The Hall–Kier alpha value is 0.0900. The van der Waals surface area contributed by atoms with E-state index in [-0.39, 0.29) is 11.8 Å². The van der Waals surface area contributed by atoms with Crippen LogP contribution in [0.4, 0.5) is 0 Å². The van der Waals surface area contributed by atoms with Crippen molar-refractivity contribution in [3.05, 3.63) is 20.3 Å². The van der Waals surface area contributed by atoms with E-state index in [2.05, 4.69) is 21.2 Å². The van der Waals surface area contributed by atoms with Gasteiger partial charge in [-0.3, -0.25) is 0 Å². The van der Waals surface area contributed by atoms with Crippen LogP contribution in [0.3, 0.4) is 0 Å². The SMILES string of the molecule is CCNC(CS(C)(=O)=O)c1cc(Br)sc1C. The first-order valence-corrected chi connectivity index (χ1v) is 8.67. The molecule has 1 heterocycles. The summed E-state index contributed by atoms with van der Waals surface area (Å²) in [7, 11) is -2.97. The third-order valence-electron chi connectivity index (χ3n) is 2.22. The summed E-state index contributed by atoms with van der Waals surface area (Å²) in [6.07, 6.45) is 1.27. The molecule has 0 aliphatic rings. The minimum absolute atomic E-state index is 0.109. The maximum Gasteiger partial charge on any atom is 0.149 e. The first-order chi connectivity index (χ1) is 7.33. The first-order valence-electron chi connectivity index (χ1n) is 5.00. The molecule has 0 spiro atoms. The van der Waals surface area contributed by atoms with Gasteiger partial charge in [-0.15, -0.1) is 11.3 Å². The minimum Gasteiger partial charge on any atom is -0.309 e. The van der Waals surface area contributed by atoms with E-state index < -0.39 is 9.84 Å². The Kier molecular flexibility index (Phi) is 4.97. The Morgan fingerprint density at radius 1 is 1.56 bits per heavy atom. The molecule has 1 rings (SSSR count). The standard InChI is InChI=1S/C10H16BrNO2S2/c1-4-12-9(6-16(3,13)14)8-5-10(11)15-7(8)2/h5,9,12H,4,6H2,1-3H3. The van der Waals surface area contributed by atoms with E-state index in [0.29, 0.717) is 0 Å². The van der Waals surface area contributed by atoms with Gasteiger partial charge in [-0.2, -0.15) is 0 Å². The van der Waals surface area contributed by atoms with Gasteiger partial charge in [0.1, 0.15) is 9.84 Å². The second-order valence-corrected chi connectivity index (χ2v) is 8.59. The lowest BCUT2D eigenvalue weighted by Crippen LogP contribution is -2.27. The summed E-state index contributed by atoms with van der Waals surface area (Å²) in [5, 5.41) is 3.22. The fourth-order valence-electron chi connectivity index (χ4n) is 1.61. The molecule has 1 unspecified atom stereocenters. The molecular weight excluding hydrogens is 310 g/mol. The van der Waals surface area contributed by atoms with Gasteiger partial charge in [-0.1, -0.05) is 6.92 Å². The van der Waals surface area contributed by atoms with E-state index in [4.69, 9.17) is 0 Å². The molecule has 0 aromatic carbocycles. The fourth-order valence-corrected chi connectivity index (χ4v) is 4.29. The van der Waals surface area contributed by atoms with Crippen LogP contribution in [0, 0.1) is 6.92 Å². The van der Waals surface area contributed by atoms with Gasteiger partial charge in [0.05, 0.1) is 9.54 Å². The molecule has 0 aliphatic heterocycles. The third kappa shape index (κ3) is 4.16. The second kappa shape index (κ2) is 5.62. The molecule has 1 atom stereocenters. The molecular formula is C10H16BrNO2S2. The number of aryl methyl sites for hydroxylation is 1. The first kappa shape index (κ1) is 14.2. The molecule has 0 bridgehead atoms. The summed E-state index contributed by atoms with van der Waals surface area (Å²) < 4.78 is 23.8. The number of thiophene rings is 1. The largest absolute Gasteiger partial charge is 0.309 e. The molecule has 0 saturated carbocycles. The second-order valence-electron chi connectivity index (χ2n) is 3.76. The van der Waals surface area contributed by atoms with Crippen molar-refractivity contribution in [3.63, 3.8) is 0 Å². The van der Waals surface area contributed by atoms with Crippen LogP contribution < -0.4 is 5.32 Å². The summed E-state index contributed by atoms with van der Waals surface area (Å²) in [5.74, 6) is 0.144. The summed E-state index contributed by atoms with van der Waals surface area (Å²) in [6, 6.07) is 1.89. The van der Waals surface area contributed by atoms with Crippen molar-refractivity contribution >= 4 is 37.1 Å². The molecule has 0 amide bonds. The number of halogens is 1. The number of hydrogen-bond acceptors (Lipinski definition) is 4. The number of hydrogen-bond donors (Lipinski definition) is 1. The Morgan fingerprint density at radius 2 is 2.19 bits per heavy atom. The highest BCUT2D eigenvalue weighted by Gasteiger charge is 2.19. The van der Waals surface area contributed by atoms with Gasteiger partial charge in [0, 0.05) is 17.2 Å². The molecule has 1 N–H and O–H groups in total. The Morgan fingerprint density at radius 3 is 2.56 bits per heavy atom. The molecule has 1 aromatic rings. The predicted octanol–water partition coefficient (Wildman–Crippen LogP) is 2.51. The smallest absolute Gasteiger partial charge is 0.149 e. The quantitative estimate of drug-likeness (QED) is 0.904. The molecule has 0 fully saturated rings. The zero-order valence-electron chi connectivity index (χ0n) is 9.58. The van der Waals surface area contributed by atoms with Gasteiger partial charge in [0.15, 0.2) is 0 Å². The minimum atomic E-state index is -2.97. The molecule has 16 heavy (non-hydrogen) atoms. The summed E-state index contributed by atoms with van der Waals surface area (Å²) in [6.45, 7) is 4.75. The molecule has 0 aliphatic carbocycles. The highest BCUT2D eigenvalue weighted by molar-refractivity contribution is 9.11. The molecule has 0 radical (unpaired) electrons. The average Bonchev–Trinajstić information content (AvgIpc) is 2.42. The number of sulfone groups is 1. The average molecular weight is 326 g/mol. The van der Waals surface area contributed by atoms with Crippen molar-refractivity contribution in [3.8, 4) is 0 Å². The van der Waals surface area contributed by atoms with Crippen molar-refractivity contribution < 1.29 is 8.42 Å². The van der Waals surface area contributed by atoms with Crippen LogP contribution in [-0.2, 0) is 9.84 Å². The summed E-state index contributed by atoms with van der Waals surface area (Å²) in [5.41, 5.74) is 1.07. The molecule has 6 heteroatoms. The van der Waals surface area contributed by atoms with E-state index in [0.717, 1.165) is 20.8 Å². The van der Waals surface area contributed by atoms with Crippen molar-refractivity contribution in [2.75, 3.05) is 18.6 Å². The van der Waals surface area contributed by atoms with Crippen molar-refractivity contribution in [2.45, 2.75) is 19.9 Å². The predicted molar refractivity (Wildman–Crippen MR) is 72.9 cm³/mol. The maximum atomic E-state index is 11.4. The number of rotatable bonds is 5. The lowest BCUT2D eigenvalue weighted by molar-refractivity contribution is 0.563. The summed E-state index contributed by atoms with van der Waals surface area (Å²) >= 11 is 5.05. The molecule has 0 saturated heterocycles. The van der Waals surface area contributed by atoms with Gasteiger partial charge in [-0.25, -0.2) is 8.42 Å². The highest BCUT2D eigenvalue weighted by atomic mass is 79.9. The van der Waals surface area contributed by atoms with Crippen molar-refractivity contribution in [1.29, 1.82) is 0 Å².